The van der Waals surface area contributed by atoms with Crippen molar-refractivity contribution < 1.29 is 17.9 Å². The molecular weight excluding hydrogens is 263 g/mol. The number of H-pyrrole nitrogens is 1. The third kappa shape index (κ3) is 2.84. The summed E-state index contributed by atoms with van der Waals surface area (Å²) < 4.78 is 42.3. The average molecular weight is 271 g/mol. The van der Waals surface area contributed by atoms with Crippen LogP contribution in [0.25, 0.3) is 0 Å². The number of benzene rings is 1. The van der Waals surface area contributed by atoms with Crippen LogP contribution in [0.3, 0.4) is 0 Å². The number of aromatic amines is 1. The fourth-order valence-corrected chi connectivity index (χ4v) is 1.33. The van der Waals surface area contributed by atoms with Crippen molar-refractivity contribution in [3.05, 3.63) is 46.5 Å². The molecule has 5 nitrogen and oxygen atoms in total. The molecule has 0 radical (unpaired) electrons. The summed E-state index contributed by atoms with van der Waals surface area (Å²) in [6.45, 7) is 0. The van der Waals surface area contributed by atoms with Gasteiger partial charge in [0.2, 0.25) is 0 Å². The van der Waals surface area contributed by atoms with Gasteiger partial charge in [0.25, 0.3) is 5.88 Å². The number of hydrogen-bond donors (Lipinski definition) is 2. The lowest BCUT2D eigenvalue weighted by Crippen LogP contribution is -2.10. The topological polar surface area (TPSA) is 81.0 Å². The third-order valence-electron chi connectivity index (χ3n) is 2.22. The lowest BCUT2D eigenvalue weighted by atomic mass is 10.2. The van der Waals surface area contributed by atoms with E-state index in [0.717, 1.165) is 18.2 Å². The van der Waals surface area contributed by atoms with Crippen molar-refractivity contribution in [2.75, 3.05) is 5.73 Å². The minimum absolute atomic E-state index is 0.0720. The van der Waals surface area contributed by atoms with Crippen molar-refractivity contribution in [3.63, 3.8) is 0 Å². The predicted octanol–water partition coefficient (Wildman–Crippen LogP) is 2.16. The number of nitrogens with one attached hydrogen (secondary N) is 1. The molecule has 0 saturated carbocycles. The van der Waals surface area contributed by atoms with Crippen LogP contribution in [0, 0.1) is 0 Å². The van der Waals surface area contributed by atoms with E-state index < -0.39 is 17.3 Å². The van der Waals surface area contributed by atoms with Gasteiger partial charge in [-0.1, -0.05) is 0 Å². The van der Waals surface area contributed by atoms with Crippen molar-refractivity contribution in [1.29, 1.82) is 0 Å². The van der Waals surface area contributed by atoms with Gasteiger partial charge in [0.1, 0.15) is 0 Å². The molecule has 0 atom stereocenters. The van der Waals surface area contributed by atoms with E-state index in [0.29, 0.717) is 0 Å². The second-order valence-corrected chi connectivity index (χ2v) is 3.58. The molecule has 0 amide bonds. The Kier molecular flexibility index (Phi) is 3.16. The highest BCUT2D eigenvalue weighted by Gasteiger charge is 2.31. The second-order valence-electron chi connectivity index (χ2n) is 3.58. The molecule has 3 N–H and O–H groups in total. The summed E-state index contributed by atoms with van der Waals surface area (Å²) in [5, 5.41) is 0. The van der Waals surface area contributed by atoms with Crippen molar-refractivity contribution in [3.8, 4) is 11.6 Å². The molecule has 0 aliphatic heterocycles. The summed E-state index contributed by atoms with van der Waals surface area (Å²) in [4.78, 5) is 17.3. The molecule has 2 aromatic rings. The number of aromatic nitrogens is 2. The summed E-state index contributed by atoms with van der Waals surface area (Å²) in [5.41, 5.74) is 3.71. The highest BCUT2D eigenvalue weighted by Crippen LogP contribution is 2.34. The monoisotopic (exact) mass is 271 g/mol. The fourth-order valence-electron chi connectivity index (χ4n) is 1.33. The van der Waals surface area contributed by atoms with E-state index in [4.69, 9.17) is 10.5 Å². The molecule has 0 aliphatic rings. The Labute approximate surface area is 104 Å². The maximum absolute atomic E-state index is 12.4. The minimum Gasteiger partial charge on any atom is -0.432 e. The summed E-state index contributed by atoms with van der Waals surface area (Å²) in [5.74, 6) is -0.369. The normalized spacial score (nSPS) is 11.3. The van der Waals surface area contributed by atoms with E-state index in [9.17, 15) is 18.0 Å². The van der Waals surface area contributed by atoms with Crippen LogP contribution in [0.1, 0.15) is 5.56 Å². The van der Waals surface area contributed by atoms with Gasteiger partial charge in [-0.2, -0.15) is 13.2 Å². The highest BCUT2D eigenvalue weighted by molar-refractivity contribution is 5.55. The smallest absolute Gasteiger partial charge is 0.416 e. The quantitative estimate of drug-likeness (QED) is 0.820. The molecular formula is C11H8F3N3O2. The summed E-state index contributed by atoms with van der Waals surface area (Å²) in [6.07, 6.45) is -1.92. The van der Waals surface area contributed by atoms with Crippen molar-refractivity contribution in [2.45, 2.75) is 6.18 Å². The van der Waals surface area contributed by atoms with E-state index in [1.807, 2.05) is 0 Å². The molecule has 0 saturated heterocycles. The number of nitrogen functional groups attached to an aromatic ring is 1. The van der Waals surface area contributed by atoms with Gasteiger partial charge >= 0.3 is 11.7 Å². The summed E-state index contributed by atoms with van der Waals surface area (Å²) in [7, 11) is 0. The zero-order valence-electron chi connectivity index (χ0n) is 9.36. The Morgan fingerprint density at radius 1 is 1.32 bits per heavy atom. The van der Waals surface area contributed by atoms with Crippen LogP contribution >= 0.6 is 0 Å². The molecule has 100 valence electrons. The lowest BCUT2D eigenvalue weighted by Gasteiger charge is -2.10. The molecule has 8 heteroatoms. The van der Waals surface area contributed by atoms with Crippen LogP contribution in [-0.4, -0.2) is 9.97 Å². The van der Waals surface area contributed by atoms with Crippen LogP contribution in [0.5, 0.6) is 11.6 Å². The molecule has 0 spiro atoms. The molecule has 0 aliphatic carbocycles. The largest absolute Gasteiger partial charge is 0.432 e. The van der Waals surface area contributed by atoms with Gasteiger partial charge in [0.05, 0.1) is 11.3 Å². The predicted molar refractivity (Wildman–Crippen MR) is 60.8 cm³/mol. The average Bonchev–Trinajstić information content (AvgIpc) is 2.33. The molecule has 1 heterocycles. The zero-order chi connectivity index (χ0) is 14.0. The van der Waals surface area contributed by atoms with Crippen LogP contribution in [0.2, 0.25) is 0 Å². The first kappa shape index (κ1) is 12.9. The van der Waals surface area contributed by atoms with Gasteiger partial charge in [0, 0.05) is 12.4 Å². The van der Waals surface area contributed by atoms with Gasteiger partial charge in [-0.15, -0.1) is 0 Å². The van der Waals surface area contributed by atoms with Gasteiger partial charge < -0.3 is 15.5 Å². The molecule has 0 bridgehead atoms. The van der Waals surface area contributed by atoms with Crippen molar-refractivity contribution in [2.24, 2.45) is 0 Å². The molecule has 2 rings (SSSR count). The summed E-state index contributed by atoms with van der Waals surface area (Å²) in [6, 6.07) is 2.57. The highest BCUT2D eigenvalue weighted by atomic mass is 19.4. The number of hydrogen-bond acceptors (Lipinski definition) is 4. The molecule has 1 aromatic heterocycles. The van der Waals surface area contributed by atoms with Gasteiger partial charge in [-0.3, -0.25) is 4.79 Å². The number of nitrogens with two attached hydrogens (primary N) is 1. The maximum Gasteiger partial charge on any atom is 0.416 e. The number of nitrogens with zero attached hydrogens (tertiary/aromatic N) is 1. The van der Waals surface area contributed by atoms with Crippen LogP contribution in [0.15, 0.2) is 35.4 Å². The van der Waals surface area contributed by atoms with Gasteiger partial charge in [-0.05, 0) is 18.2 Å². The van der Waals surface area contributed by atoms with Crippen LogP contribution < -0.4 is 16.0 Å². The Balaban J connectivity index is 2.33. The summed E-state index contributed by atoms with van der Waals surface area (Å²) >= 11 is 0. The number of rotatable bonds is 2. The minimum atomic E-state index is -4.49. The van der Waals surface area contributed by atoms with Gasteiger partial charge in [-0.25, -0.2) is 4.98 Å². The SMILES string of the molecule is Nc1cc(C(F)(F)F)ccc1Oc1ncc[nH]c1=O. The van der Waals surface area contributed by atoms with E-state index in [1.54, 1.807) is 0 Å². The zero-order valence-corrected chi connectivity index (χ0v) is 9.36. The third-order valence-corrected chi connectivity index (χ3v) is 2.22. The van der Waals surface area contributed by atoms with E-state index >= 15 is 0 Å². The van der Waals surface area contributed by atoms with Gasteiger partial charge in [0.15, 0.2) is 5.75 Å². The molecule has 0 fully saturated rings. The number of ether oxygens (including phenoxy) is 1. The van der Waals surface area contributed by atoms with Crippen LogP contribution in [-0.2, 0) is 6.18 Å². The van der Waals surface area contributed by atoms with E-state index in [1.165, 1.54) is 12.4 Å². The standard InChI is InChI=1S/C11H8F3N3O2/c12-11(13,14)6-1-2-8(7(15)5-6)19-10-9(18)16-3-4-17-10/h1-5H,15H2,(H,16,18). The Morgan fingerprint density at radius 2 is 2.05 bits per heavy atom. The molecule has 19 heavy (non-hydrogen) atoms. The fraction of sp³-hybridized carbons (Fsp3) is 0.0909. The van der Waals surface area contributed by atoms with E-state index in [2.05, 4.69) is 9.97 Å². The number of alkyl halides is 3. The number of anilines is 1. The Morgan fingerprint density at radius 3 is 2.63 bits per heavy atom. The molecule has 1 aromatic carbocycles. The Bertz CT molecular complexity index is 652. The maximum atomic E-state index is 12.4. The van der Waals surface area contributed by atoms with Crippen LogP contribution in [0.4, 0.5) is 18.9 Å². The first-order valence-electron chi connectivity index (χ1n) is 5.06. The lowest BCUT2D eigenvalue weighted by molar-refractivity contribution is -0.137. The first-order chi connectivity index (χ1) is 8.88. The van der Waals surface area contributed by atoms with Crippen molar-refractivity contribution >= 4 is 5.69 Å². The van der Waals surface area contributed by atoms with E-state index in [-0.39, 0.29) is 17.3 Å². The second kappa shape index (κ2) is 4.63. The Hall–Kier alpha value is -2.51. The number of halogens is 3. The first-order valence-corrected chi connectivity index (χ1v) is 5.06. The van der Waals surface area contributed by atoms with Crippen molar-refractivity contribution in [1.82, 2.24) is 9.97 Å². The molecule has 0 unspecified atom stereocenters.